The normalized spacial score (nSPS) is 12.1. The van der Waals surface area contributed by atoms with Gasteiger partial charge in [-0.25, -0.2) is 4.39 Å². The van der Waals surface area contributed by atoms with Gasteiger partial charge in [0.25, 0.3) is 0 Å². The molecule has 0 heterocycles. The number of hydrogen-bond acceptors (Lipinski definition) is 3. The Morgan fingerprint density at radius 2 is 1.95 bits per heavy atom. The molecule has 0 saturated heterocycles. The van der Waals surface area contributed by atoms with Crippen molar-refractivity contribution in [1.82, 2.24) is 10.6 Å². The summed E-state index contributed by atoms with van der Waals surface area (Å²) in [7, 11) is 0. The highest BCUT2D eigenvalue weighted by molar-refractivity contribution is 5.92. The van der Waals surface area contributed by atoms with Crippen molar-refractivity contribution in [3.05, 3.63) is 30.1 Å². The molecular formula is C14H20FN3O2. The highest BCUT2D eigenvalue weighted by Crippen LogP contribution is 2.08. The van der Waals surface area contributed by atoms with E-state index in [-0.39, 0.29) is 24.4 Å². The predicted octanol–water partition coefficient (Wildman–Crippen LogP) is 1.27. The second-order valence-corrected chi connectivity index (χ2v) is 4.82. The number of nitrogens with one attached hydrogen (secondary N) is 3. The lowest BCUT2D eigenvalue weighted by molar-refractivity contribution is -0.123. The third kappa shape index (κ3) is 5.79. The molecule has 1 unspecified atom stereocenters. The first-order chi connectivity index (χ1) is 9.38. The van der Waals surface area contributed by atoms with Crippen LogP contribution in [-0.4, -0.2) is 30.4 Å². The average molecular weight is 281 g/mol. The van der Waals surface area contributed by atoms with E-state index in [9.17, 15) is 14.0 Å². The second-order valence-electron chi connectivity index (χ2n) is 4.82. The van der Waals surface area contributed by atoms with Crippen LogP contribution in [0.5, 0.6) is 0 Å². The molecule has 1 atom stereocenters. The fourth-order valence-corrected chi connectivity index (χ4v) is 1.52. The van der Waals surface area contributed by atoms with E-state index in [1.807, 2.05) is 13.8 Å². The summed E-state index contributed by atoms with van der Waals surface area (Å²) in [6.07, 6.45) is 0. The predicted molar refractivity (Wildman–Crippen MR) is 75.8 cm³/mol. The molecule has 1 aromatic carbocycles. The molecule has 0 radical (unpaired) electrons. The number of benzene rings is 1. The molecule has 3 N–H and O–H groups in total. The molecule has 0 aliphatic rings. The molecule has 5 nitrogen and oxygen atoms in total. The van der Waals surface area contributed by atoms with Crippen molar-refractivity contribution in [3.8, 4) is 0 Å². The first-order valence-corrected chi connectivity index (χ1v) is 6.47. The minimum atomic E-state index is -0.476. The maximum Gasteiger partial charge on any atom is 0.238 e. The van der Waals surface area contributed by atoms with Crippen LogP contribution in [-0.2, 0) is 9.59 Å². The summed E-state index contributed by atoms with van der Waals surface area (Å²) < 4.78 is 12.9. The Labute approximate surface area is 117 Å². The van der Waals surface area contributed by atoms with E-state index >= 15 is 0 Å². The lowest BCUT2D eigenvalue weighted by Crippen LogP contribution is -2.46. The molecule has 0 fully saturated rings. The number of anilines is 1. The summed E-state index contributed by atoms with van der Waals surface area (Å²) in [5.74, 6) is -0.918. The Kier molecular flexibility index (Phi) is 6.11. The first-order valence-electron chi connectivity index (χ1n) is 6.47. The van der Waals surface area contributed by atoms with Gasteiger partial charge in [0, 0.05) is 11.7 Å². The topological polar surface area (TPSA) is 70.2 Å². The number of hydrogen-bond donors (Lipinski definition) is 3. The fourth-order valence-electron chi connectivity index (χ4n) is 1.52. The summed E-state index contributed by atoms with van der Waals surface area (Å²) in [6, 6.07) is 5.20. The SMILES string of the molecule is CC(C)NC(=O)C(C)NCC(=O)Nc1cccc(F)c1. The largest absolute Gasteiger partial charge is 0.353 e. The third-order valence-corrected chi connectivity index (χ3v) is 2.50. The maximum atomic E-state index is 12.9. The highest BCUT2D eigenvalue weighted by Gasteiger charge is 2.14. The minimum absolute atomic E-state index is 0.0246. The quantitative estimate of drug-likeness (QED) is 0.735. The molecule has 0 spiro atoms. The van der Waals surface area contributed by atoms with Crippen molar-refractivity contribution in [3.63, 3.8) is 0 Å². The van der Waals surface area contributed by atoms with Crippen LogP contribution in [0.3, 0.4) is 0 Å². The zero-order valence-electron chi connectivity index (χ0n) is 11.9. The van der Waals surface area contributed by atoms with Gasteiger partial charge < -0.3 is 10.6 Å². The summed E-state index contributed by atoms with van der Waals surface area (Å²) in [4.78, 5) is 23.3. The molecule has 20 heavy (non-hydrogen) atoms. The van der Waals surface area contributed by atoms with Crippen molar-refractivity contribution in [2.45, 2.75) is 32.9 Å². The molecule has 2 amide bonds. The number of rotatable bonds is 6. The maximum absolute atomic E-state index is 12.9. The summed E-state index contributed by atoms with van der Waals surface area (Å²) >= 11 is 0. The Hall–Kier alpha value is -1.95. The zero-order chi connectivity index (χ0) is 15.1. The molecule has 0 aliphatic carbocycles. The van der Waals surface area contributed by atoms with Crippen LogP contribution in [0.4, 0.5) is 10.1 Å². The number of halogens is 1. The van der Waals surface area contributed by atoms with Crippen LogP contribution in [0.1, 0.15) is 20.8 Å². The molecule has 0 aliphatic heterocycles. The van der Waals surface area contributed by atoms with Gasteiger partial charge in [-0.2, -0.15) is 0 Å². The monoisotopic (exact) mass is 281 g/mol. The van der Waals surface area contributed by atoms with Crippen molar-refractivity contribution >= 4 is 17.5 Å². The van der Waals surface area contributed by atoms with Crippen molar-refractivity contribution in [2.24, 2.45) is 0 Å². The molecule has 0 aromatic heterocycles. The third-order valence-electron chi connectivity index (χ3n) is 2.50. The van der Waals surface area contributed by atoms with Crippen LogP contribution < -0.4 is 16.0 Å². The molecule has 1 rings (SSSR count). The molecule has 0 bridgehead atoms. The number of amides is 2. The molecule has 0 saturated carbocycles. The standard InChI is InChI=1S/C14H20FN3O2/c1-9(2)17-14(20)10(3)16-8-13(19)18-12-6-4-5-11(15)7-12/h4-7,9-10,16H,8H2,1-3H3,(H,17,20)(H,18,19). The Morgan fingerprint density at radius 3 is 2.55 bits per heavy atom. The van der Waals surface area contributed by atoms with Crippen molar-refractivity contribution in [1.29, 1.82) is 0 Å². The van der Waals surface area contributed by atoms with Crippen LogP contribution >= 0.6 is 0 Å². The van der Waals surface area contributed by atoms with E-state index < -0.39 is 11.9 Å². The van der Waals surface area contributed by atoms with Gasteiger partial charge in [0.15, 0.2) is 0 Å². The van der Waals surface area contributed by atoms with Gasteiger partial charge in [-0.15, -0.1) is 0 Å². The van der Waals surface area contributed by atoms with Crippen LogP contribution in [0.25, 0.3) is 0 Å². The summed E-state index contributed by atoms with van der Waals surface area (Å²) in [5, 5.41) is 8.09. The van der Waals surface area contributed by atoms with Gasteiger partial charge >= 0.3 is 0 Å². The smallest absolute Gasteiger partial charge is 0.238 e. The first kappa shape index (κ1) is 16.1. The van der Waals surface area contributed by atoms with Gasteiger partial charge in [-0.05, 0) is 39.0 Å². The fraction of sp³-hybridized carbons (Fsp3) is 0.429. The van der Waals surface area contributed by atoms with E-state index in [1.54, 1.807) is 13.0 Å². The number of carbonyl (C=O) groups is 2. The Balaban J connectivity index is 2.38. The van der Waals surface area contributed by atoms with Crippen LogP contribution in [0, 0.1) is 5.82 Å². The lowest BCUT2D eigenvalue weighted by atomic mass is 10.2. The van der Waals surface area contributed by atoms with Gasteiger partial charge in [0.05, 0.1) is 12.6 Å². The van der Waals surface area contributed by atoms with Gasteiger partial charge in [0.2, 0.25) is 11.8 Å². The zero-order valence-corrected chi connectivity index (χ0v) is 11.9. The molecule has 110 valence electrons. The minimum Gasteiger partial charge on any atom is -0.353 e. The van der Waals surface area contributed by atoms with E-state index in [4.69, 9.17) is 0 Å². The van der Waals surface area contributed by atoms with Gasteiger partial charge in [0.1, 0.15) is 5.82 Å². The van der Waals surface area contributed by atoms with E-state index in [1.165, 1.54) is 18.2 Å². The Morgan fingerprint density at radius 1 is 1.25 bits per heavy atom. The summed E-state index contributed by atoms with van der Waals surface area (Å²) in [6.45, 7) is 5.37. The molecule has 6 heteroatoms. The van der Waals surface area contributed by atoms with Crippen LogP contribution in [0.2, 0.25) is 0 Å². The van der Waals surface area contributed by atoms with E-state index in [0.717, 1.165) is 0 Å². The van der Waals surface area contributed by atoms with Gasteiger partial charge in [-0.3, -0.25) is 14.9 Å². The van der Waals surface area contributed by atoms with Crippen LogP contribution in [0.15, 0.2) is 24.3 Å². The second kappa shape index (κ2) is 7.59. The molecule has 1 aromatic rings. The van der Waals surface area contributed by atoms with Crippen molar-refractivity contribution in [2.75, 3.05) is 11.9 Å². The van der Waals surface area contributed by atoms with Gasteiger partial charge in [-0.1, -0.05) is 6.07 Å². The average Bonchev–Trinajstić information content (AvgIpc) is 2.35. The Bertz CT molecular complexity index is 477. The van der Waals surface area contributed by atoms with E-state index in [2.05, 4.69) is 16.0 Å². The lowest BCUT2D eigenvalue weighted by Gasteiger charge is -2.15. The van der Waals surface area contributed by atoms with E-state index in [0.29, 0.717) is 5.69 Å². The highest BCUT2D eigenvalue weighted by atomic mass is 19.1. The van der Waals surface area contributed by atoms with Crippen molar-refractivity contribution < 1.29 is 14.0 Å². The molecular weight excluding hydrogens is 261 g/mol. The number of carbonyl (C=O) groups excluding carboxylic acids is 2. The summed E-state index contributed by atoms with van der Waals surface area (Å²) in [5.41, 5.74) is 0.385.